The van der Waals surface area contributed by atoms with Crippen molar-refractivity contribution < 1.29 is 33.8 Å². The highest BCUT2D eigenvalue weighted by atomic mass is 16.6. The molecule has 0 unspecified atom stereocenters. The molecule has 2 aromatic rings. The maximum atomic E-state index is 15.2. The second-order valence-electron chi connectivity index (χ2n) is 15.2. The number of allylic oxidation sites excluding steroid dienone is 1. The lowest BCUT2D eigenvalue weighted by Gasteiger charge is -2.41. The highest BCUT2D eigenvalue weighted by molar-refractivity contribution is 6.05. The highest BCUT2D eigenvalue weighted by Gasteiger charge is 2.76. The number of amides is 3. The van der Waals surface area contributed by atoms with Gasteiger partial charge in [0, 0.05) is 44.5 Å². The number of nitrogens with zero attached hydrogens (tertiary/aromatic N) is 4. The minimum Gasteiger partial charge on any atom is -0.455 e. The Bertz CT molecular complexity index is 1680. The van der Waals surface area contributed by atoms with Crippen LogP contribution in [0.4, 0.5) is 11.4 Å². The number of likely N-dealkylation sites (N-methyl/N-ethyl adjacent to an activating group) is 1. The Morgan fingerprint density at radius 1 is 1.02 bits per heavy atom. The number of benzene rings is 2. The number of ether oxygens (including phenoxy) is 2. The van der Waals surface area contributed by atoms with Gasteiger partial charge in [-0.3, -0.25) is 19.2 Å². The van der Waals surface area contributed by atoms with Gasteiger partial charge in [0.15, 0.2) is 0 Å². The lowest BCUT2D eigenvalue weighted by Crippen LogP contribution is -2.60. The van der Waals surface area contributed by atoms with Crippen molar-refractivity contribution in [3.63, 3.8) is 0 Å². The molecule has 3 amide bonds. The Hall–Kier alpha value is -4.48. The summed E-state index contributed by atoms with van der Waals surface area (Å²) in [5.41, 5.74) is 1.08. The maximum absolute atomic E-state index is 15.2. The highest BCUT2D eigenvalue weighted by Crippen LogP contribution is 2.60. The number of hydrogen-bond donors (Lipinski definition) is 1. The van der Waals surface area contributed by atoms with E-state index in [0.29, 0.717) is 36.9 Å². The molecule has 3 aliphatic rings. The molecule has 3 heterocycles. The van der Waals surface area contributed by atoms with Crippen LogP contribution < -0.4 is 9.80 Å². The molecule has 9 atom stereocenters. The van der Waals surface area contributed by atoms with Crippen LogP contribution in [0.5, 0.6) is 0 Å². The molecule has 298 valence electrons. The molecule has 11 nitrogen and oxygen atoms in total. The smallest absolute Gasteiger partial charge is 0.313 e. The first-order chi connectivity index (χ1) is 26.4. The van der Waals surface area contributed by atoms with Gasteiger partial charge >= 0.3 is 5.97 Å². The molecule has 55 heavy (non-hydrogen) atoms. The van der Waals surface area contributed by atoms with Crippen molar-refractivity contribution in [2.24, 2.45) is 17.8 Å². The predicted molar refractivity (Wildman–Crippen MR) is 214 cm³/mol. The average molecular weight is 757 g/mol. The third kappa shape index (κ3) is 7.83. The van der Waals surface area contributed by atoms with Gasteiger partial charge < -0.3 is 34.2 Å². The van der Waals surface area contributed by atoms with Gasteiger partial charge in [0.05, 0.1) is 36.6 Å². The molecule has 3 aliphatic heterocycles. The van der Waals surface area contributed by atoms with Gasteiger partial charge in [0.1, 0.15) is 17.7 Å². The van der Waals surface area contributed by atoms with E-state index in [2.05, 4.69) is 31.9 Å². The summed E-state index contributed by atoms with van der Waals surface area (Å²) >= 11 is 0. The number of aliphatic hydroxyl groups excluding tert-OH is 1. The molecular formula is C44H60N4O7. The van der Waals surface area contributed by atoms with E-state index in [0.717, 1.165) is 18.8 Å². The predicted octanol–water partition coefficient (Wildman–Crippen LogP) is 5.93. The van der Waals surface area contributed by atoms with Gasteiger partial charge in [-0.25, -0.2) is 0 Å². The van der Waals surface area contributed by atoms with Crippen molar-refractivity contribution in [3.05, 3.63) is 85.5 Å². The van der Waals surface area contributed by atoms with Crippen LogP contribution in [0.1, 0.15) is 78.4 Å². The maximum Gasteiger partial charge on any atom is 0.313 e. The summed E-state index contributed by atoms with van der Waals surface area (Å²) in [5.74, 6) is -3.59. The number of fused-ring (bicyclic) bond motifs is 1. The molecule has 0 saturated carbocycles. The molecule has 0 aliphatic carbocycles. The van der Waals surface area contributed by atoms with Crippen molar-refractivity contribution in [1.82, 2.24) is 9.80 Å². The number of carbonyl (C=O) groups excluding carboxylic acids is 4. The van der Waals surface area contributed by atoms with E-state index < -0.39 is 59.6 Å². The Morgan fingerprint density at radius 2 is 1.67 bits per heavy atom. The summed E-state index contributed by atoms with van der Waals surface area (Å²) in [4.78, 5) is 64.9. The van der Waals surface area contributed by atoms with Gasteiger partial charge in [-0.15, -0.1) is 13.2 Å². The number of hydrogen-bond acceptors (Lipinski definition) is 8. The van der Waals surface area contributed by atoms with Crippen molar-refractivity contribution in [2.45, 2.75) is 103 Å². The molecule has 2 bridgehead atoms. The third-order valence-corrected chi connectivity index (χ3v) is 12.3. The molecule has 11 heteroatoms. The molecule has 1 spiro atoms. The lowest BCUT2D eigenvalue weighted by atomic mass is 9.70. The standard InChI is InChI=1S/C44H60N4O7/c1-9-14-20-36(50)45(8)30(7)39(31-18-16-15-17-19-31)54-43(53)37-35-25-26-44(55-35)38(37)41(51)48(34(28-49)29(6)11-3)40(44)42(52)47(27-10-2)33-23-21-32(22-24-33)46(12-4)13-5/h9-10,15-19,21-24,29-30,34-35,37-40,49H,1-2,11-14,20,25-28H2,3-8H3/t29-,30-,34-,35-,37+,38+,39+,40-,44+/m0/s1. The topological polar surface area (TPSA) is 120 Å². The van der Waals surface area contributed by atoms with E-state index in [-0.39, 0.29) is 37.3 Å². The van der Waals surface area contributed by atoms with Gasteiger partial charge in [0.25, 0.3) is 5.91 Å². The Labute approximate surface area is 326 Å². The SMILES string of the molecule is C=CCCC(=O)N(C)[C@@H](C)[C@@H](OC(=O)[C@@H]1[C@@H]2CC[C@]3(O2)[C@H](C(=O)N(CC=C)c2ccc(N(CC)CC)cc2)N([C@@H](CO)[C@@H](C)CC)C(=O)[C@@H]13)c1ccccc1. The van der Waals surface area contributed by atoms with E-state index in [9.17, 15) is 19.5 Å². The van der Waals surface area contributed by atoms with E-state index in [4.69, 9.17) is 9.47 Å². The second-order valence-corrected chi connectivity index (χ2v) is 15.2. The molecule has 3 fully saturated rings. The van der Waals surface area contributed by atoms with Crippen LogP contribution in [0, 0.1) is 17.8 Å². The first kappa shape index (κ1) is 41.7. The summed E-state index contributed by atoms with van der Waals surface area (Å²) in [6.07, 6.45) is 4.17. The van der Waals surface area contributed by atoms with Gasteiger partial charge in [-0.2, -0.15) is 0 Å². The first-order valence-corrected chi connectivity index (χ1v) is 19.9. The second kappa shape index (κ2) is 18.0. The van der Waals surface area contributed by atoms with E-state index >= 15 is 4.79 Å². The minimum absolute atomic E-state index is 0.110. The van der Waals surface area contributed by atoms with Crippen LogP contribution in [-0.4, -0.2) is 102 Å². The average Bonchev–Trinajstić information content (AvgIpc) is 3.86. The number of esters is 1. The van der Waals surface area contributed by atoms with Crippen LogP contribution in [0.2, 0.25) is 0 Å². The van der Waals surface area contributed by atoms with Crippen molar-refractivity contribution in [1.29, 1.82) is 0 Å². The van der Waals surface area contributed by atoms with E-state index in [1.807, 2.05) is 75.4 Å². The van der Waals surface area contributed by atoms with Gasteiger partial charge in [-0.05, 0) is 75.8 Å². The van der Waals surface area contributed by atoms with Crippen molar-refractivity contribution in [3.8, 4) is 0 Å². The zero-order valence-corrected chi connectivity index (χ0v) is 33.4. The summed E-state index contributed by atoms with van der Waals surface area (Å²) in [7, 11) is 1.69. The van der Waals surface area contributed by atoms with Crippen LogP contribution in [0.25, 0.3) is 0 Å². The number of carbonyl (C=O) groups is 4. The zero-order valence-electron chi connectivity index (χ0n) is 33.4. The van der Waals surface area contributed by atoms with E-state index in [1.165, 1.54) is 4.90 Å². The summed E-state index contributed by atoms with van der Waals surface area (Å²) in [6.45, 7) is 19.1. The first-order valence-electron chi connectivity index (χ1n) is 19.9. The Morgan fingerprint density at radius 3 is 2.25 bits per heavy atom. The Balaban J connectivity index is 1.54. The van der Waals surface area contributed by atoms with Crippen LogP contribution in [0.3, 0.4) is 0 Å². The van der Waals surface area contributed by atoms with Crippen LogP contribution in [-0.2, 0) is 28.7 Å². The normalized spacial score (nSPS) is 24.7. The quantitative estimate of drug-likeness (QED) is 0.139. The fourth-order valence-corrected chi connectivity index (χ4v) is 8.96. The molecule has 0 radical (unpaired) electrons. The van der Waals surface area contributed by atoms with Gasteiger partial charge in [0.2, 0.25) is 11.8 Å². The number of anilines is 2. The minimum atomic E-state index is -1.31. The Kier molecular flexibility index (Phi) is 13.6. The zero-order chi connectivity index (χ0) is 40.0. The molecule has 2 aromatic carbocycles. The molecule has 5 rings (SSSR count). The fraction of sp³-hybridized carbons (Fsp3) is 0.545. The van der Waals surface area contributed by atoms with E-state index in [1.54, 1.807) is 29.0 Å². The molecule has 1 N–H and O–H groups in total. The molecule has 0 aromatic heterocycles. The van der Waals surface area contributed by atoms with Gasteiger partial charge in [-0.1, -0.05) is 62.8 Å². The third-order valence-electron chi connectivity index (χ3n) is 12.3. The summed E-state index contributed by atoms with van der Waals surface area (Å²) in [5, 5.41) is 10.8. The van der Waals surface area contributed by atoms with Crippen LogP contribution in [0.15, 0.2) is 79.9 Å². The van der Waals surface area contributed by atoms with Crippen molar-refractivity contribution in [2.75, 3.05) is 43.1 Å². The summed E-state index contributed by atoms with van der Waals surface area (Å²) < 4.78 is 13.2. The monoisotopic (exact) mass is 756 g/mol. The van der Waals surface area contributed by atoms with Crippen LogP contribution >= 0.6 is 0 Å². The number of rotatable bonds is 19. The van der Waals surface area contributed by atoms with Crippen molar-refractivity contribution >= 4 is 35.1 Å². The fourth-order valence-electron chi connectivity index (χ4n) is 8.96. The molecule has 3 saturated heterocycles. The summed E-state index contributed by atoms with van der Waals surface area (Å²) in [6, 6.07) is 14.7. The largest absolute Gasteiger partial charge is 0.455 e. The number of likely N-dealkylation sites (tertiary alicyclic amines) is 1. The lowest BCUT2D eigenvalue weighted by molar-refractivity contribution is -0.165. The molecular weight excluding hydrogens is 697 g/mol. The number of aliphatic hydroxyl groups is 1.